The van der Waals surface area contributed by atoms with Crippen LogP contribution in [0.4, 0.5) is 4.39 Å². The molecule has 1 saturated heterocycles. The van der Waals surface area contributed by atoms with Crippen molar-refractivity contribution in [1.29, 1.82) is 0 Å². The lowest BCUT2D eigenvalue weighted by Gasteiger charge is -2.27. The molecule has 1 amide bonds. The SMILES string of the molecule is COc1ccc2c(=O)n(-c3cc(F)cc4[nH]ccc34)cc(C(=O)N3CCCCC3)c2n1. The first kappa shape index (κ1) is 19.3. The first-order valence-corrected chi connectivity index (χ1v) is 10.2. The highest BCUT2D eigenvalue weighted by atomic mass is 19.1. The number of amides is 1. The van der Waals surface area contributed by atoms with Crippen molar-refractivity contribution in [2.45, 2.75) is 19.3 Å². The van der Waals surface area contributed by atoms with Crippen molar-refractivity contribution in [3.63, 3.8) is 0 Å². The van der Waals surface area contributed by atoms with Crippen molar-refractivity contribution in [1.82, 2.24) is 19.4 Å². The lowest BCUT2D eigenvalue weighted by atomic mass is 10.1. The number of rotatable bonds is 3. The van der Waals surface area contributed by atoms with Crippen LogP contribution < -0.4 is 10.3 Å². The number of halogens is 1. The molecular formula is C23H21FN4O3. The lowest BCUT2D eigenvalue weighted by molar-refractivity contribution is 0.0725. The van der Waals surface area contributed by atoms with Gasteiger partial charge in [0.05, 0.1) is 34.8 Å². The molecule has 1 aromatic carbocycles. The Morgan fingerprint density at radius 3 is 2.71 bits per heavy atom. The second kappa shape index (κ2) is 7.54. The minimum Gasteiger partial charge on any atom is -0.481 e. The zero-order chi connectivity index (χ0) is 21.5. The minimum atomic E-state index is -0.478. The highest BCUT2D eigenvalue weighted by Gasteiger charge is 2.24. The number of carbonyl (C=O) groups excluding carboxylic acids is 1. The molecule has 4 heterocycles. The van der Waals surface area contributed by atoms with Crippen LogP contribution in [0.3, 0.4) is 0 Å². The number of likely N-dealkylation sites (tertiary alicyclic amines) is 1. The van der Waals surface area contributed by atoms with Crippen molar-refractivity contribution in [3.05, 3.63) is 64.5 Å². The third-order valence-corrected chi connectivity index (χ3v) is 5.79. The van der Waals surface area contributed by atoms with Crippen molar-refractivity contribution in [2.24, 2.45) is 0 Å². The fraction of sp³-hybridized carbons (Fsp3) is 0.261. The zero-order valence-corrected chi connectivity index (χ0v) is 17.0. The maximum absolute atomic E-state index is 14.3. The highest BCUT2D eigenvalue weighted by Crippen LogP contribution is 2.26. The van der Waals surface area contributed by atoms with Gasteiger partial charge >= 0.3 is 0 Å². The van der Waals surface area contributed by atoms with Crippen LogP contribution in [0.15, 0.2) is 47.5 Å². The van der Waals surface area contributed by atoms with Crippen LogP contribution >= 0.6 is 0 Å². The molecule has 8 heteroatoms. The second-order valence-electron chi connectivity index (χ2n) is 7.68. The molecule has 1 N–H and O–H groups in total. The average Bonchev–Trinajstić information content (AvgIpc) is 3.27. The van der Waals surface area contributed by atoms with Gasteiger partial charge in [0.25, 0.3) is 11.5 Å². The van der Waals surface area contributed by atoms with Gasteiger partial charge in [-0.2, -0.15) is 0 Å². The summed E-state index contributed by atoms with van der Waals surface area (Å²) < 4.78 is 20.9. The van der Waals surface area contributed by atoms with Crippen LogP contribution in [0, 0.1) is 5.82 Å². The second-order valence-corrected chi connectivity index (χ2v) is 7.68. The topological polar surface area (TPSA) is 80.2 Å². The van der Waals surface area contributed by atoms with E-state index in [2.05, 4.69) is 9.97 Å². The maximum Gasteiger partial charge on any atom is 0.264 e. The number of carbonyl (C=O) groups is 1. The summed E-state index contributed by atoms with van der Waals surface area (Å²) in [7, 11) is 1.48. The van der Waals surface area contributed by atoms with Crippen LogP contribution in [0.25, 0.3) is 27.5 Å². The number of nitrogens with one attached hydrogen (secondary N) is 1. The van der Waals surface area contributed by atoms with E-state index in [1.807, 2.05) is 0 Å². The van der Waals surface area contributed by atoms with E-state index < -0.39 is 5.82 Å². The van der Waals surface area contributed by atoms with Gasteiger partial charge in [0.2, 0.25) is 5.88 Å². The number of ether oxygens (including phenoxy) is 1. The Kier molecular flexibility index (Phi) is 4.69. The Morgan fingerprint density at radius 2 is 1.94 bits per heavy atom. The molecule has 0 unspecified atom stereocenters. The van der Waals surface area contributed by atoms with Crippen molar-refractivity contribution < 1.29 is 13.9 Å². The monoisotopic (exact) mass is 420 g/mol. The molecule has 158 valence electrons. The van der Waals surface area contributed by atoms with Crippen molar-refractivity contribution >= 4 is 27.7 Å². The van der Waals surface area contributed by atoms with Crippen LogP contribution in [0.1, 0.15) is 29.6 Å². The summed E-state index contributed by atoms with van der Waals surface area (Å²) in [4.78, 5) is 36.0. The quantitative estimate of drug-likeness (QED) is 0.549. The predicted octanol–water partition coefficient (Wildman–Crippen LogP) is 3.64. The number of nitrogens with zero attached hydrogens (tertiary/aromatic N) is 3. The largest absolute Gasteiger partial charge is 0.481 e. The standard InChI is InChI=1S/C23H21FN4O3/c1-31-20-6-5-16-21(26-20)17(22(29)27-9-3-2-4-10-27)13-28(23(16)30)19-12-14(24)11-18-15(19)7-8-25-18/h5-8,11-13,25H,2-4,9-10H2,1H3. The summed E-state index contributed by atoms with van der Waals surface area (Å²) >= 11 is 0. The number of aromatic amines is 1. The molecule has 1 aliphatic rings. The van der Waals surface area contributed by atoms with Crippen molar-refractivity contribution in [3.8, 4) is 11.6 Å². The third-order valence-electron chi connectivity index (χ3n) is 5.79. The van der Waals surface area contributed by atoms with Gasteiger partial charge in [0, 0.05) is 36.9 Å². The van der Waals surface area contributed by atoms with Gasteiger partial charge in [-0.15, -0.1) is 0 Å². The number of hydrogen-bond acceptors (Lipinski definition) is 4. The van der Waals surface area contributed by atoms with Crippen LogP contribution in [0.2, 0.25) is 0 Å². The van der Waals surface area contributed by atoms with Gasteiger partial charge in [-0.05, 0) is 43.5 Å². The number of piperidine rings is 1. The van der Waals surface area contributed by atoms with E-state index in [1.165, 1.54) is 30.0 Å². The van der Waals surface area contributed by atoms with Gasteiger partial charge in [-0.1, -0.05) is 0 Å². The number of benzene rings is 1. The third kappa shape index (κ3) is 3.24. The van der Waals surface area contributed by atoms with E-state index in [-0.39, 0.29) is 22.4 Å². The Labute approximate surface area is 177 Å². The number of methoxy groups -OCH3 is 1. The molecule has 5 rings (SSSR count). The van der Waals surface area contributed by atoms with Gasteiger partial charge in [-0.3, -0.25) is 14.2 Å². The fourth-order valence-electron chi connectivity index (χ4n) is 4.23. The van der Waals surface area contributed by atoms with Gasteiger partial charge < -0.3 is 14.6 Å². The van der Waals surface area contributed by atoms with E-state index in [4.69, 9.17) is 4.74 Å². The molecule has 4 aromatic rings. The molecule has 0 saturated carbocycles. The molecule has 0 spiro atoms. The Bertz CT molecular complexity index is 1370. The van der Waals surface area contributed by atoms with Gasteiger partial charge in [-0.25, -0.2) is 9.37 Å². The number of hydrogen-bond donors (Lipinski definition) is 1. The summed E-state index contributed by atoms with van der Waals surface area (Å²) in [6.45, 7) is 1.32. The summed E-state index contributed by atoms with van der Waals surface area (Å²) in [5, 5.41) is 0.956. The molecule has 0 bridgehead atoms. The summed E-state index contributed by atoms with van der Waals surface area (Å²) in [5.41, 5.74) is 1.14. The number of pyridine rings is 2. The molecule has 0 radical (unpaired) electrons. The van der Waals surface area contributed by atoms with E-state index in [9.17, 15) is 14.0 Å². The normalized spacial score (nSPS) is 14.3. The number of fused-ring (bicyclic) bond motifs is 2. The molecule has 1 aliphatic heterocycles. The van der Waals surface area contributed by atoms with Crippen LogP contribution in [0.5, 0.6) is 5.88 Å². The smallest absolute Gasteiger partial charge is 0.264 e. The molecular weight excluding hydrogens is 399 g/mol. The Hall–Kier alpha value is -3.68. The molecule has 31 heavy (non-hydrogen) atoms. The predicted molar refractivity (Wildman–Crippen MR) is 115 cm³/mol. The lowest BCUT2D eigenvalue weighted by Crippen LogP contribution is -2.36. The first-order valence-electron chi connectivity index (χ1n) is 10.2. The Balaban J connectivity index is 1.80. The zero-order valence-electron chi connectivity index (χ0n) is 17.0. The van der Waals surface area contributed by atoms with E-state index in [0.717, 1.165) is 19.3 Å². The van der Waals surface area contributed by atoms with E-state index >= 15 is 0 Å². The minimum absolute atomic E-state index is 0.194. The molecule has 3 aromatic heterocycles. The van der Waals surface area contributed by atoms with E-state index in [1.54, 1.807) is 29.3 Å². The highest BCUT2D eigenvalue weighted by molar-refractivity contribution is 6.05. The number of H-pyrrole nitrogens is 1. The first-order chi connectivity index (χ1) is 15.1. The molecule has 0 atom stereocenters. The van der Waals surface area contributed by atoms with E-state index in [0.29, 0.717) is 41.1 Å². The molecule has 7 nitrogen and oxygen atoms in total. The van der Waals surface area contributed by atoms with Gasteiger partial charge in [0.15, 0.2) is 0 Å². The molecule has 0 aliphatic carbocycles. The number of aromatic nitrogens is 3. The van der Waals surface area contributed by atoms with Gasteiger partial charge in [0.1, 0.15) is 5.82 Å². The average molecular weight is 420 g/mol. The summed E-state index contributed by atoms with van der Waals surface area (Å²) in [6.07, 6.45) is 6.13. The summed E-state index contributed by atoms with van der Waals surface area (Å²) in [6, 6.07) is 7.63. The van der Waals surface area contributed by atoms with Crippen LogP contribution in [-0.2, 0) is 0 Å². The van der Waals surface area contributed by atoms with Crippen molar-refractivity contribution in [2.75, 3.05) is 20.2 Å². The van der Waals surface area contributed by atoms with Crippen LogP contribution in [-0.4, -0.2) is 45.5 Å². The fourth-order valence-corrected chi connectivity index (χ4v) is 4.23. The summed E-state index contributed by atoms with van der Waals surface area (Å²) in [5.74, 6) is -0.356. The maximum atomic E-state index is 14.3. The Morgan fingerprint density at radius 1 is 1.13 bits per heavy atom. The molecule has 1 fully saturated rings.